The first-order valence-corrected chi connectivity index (χ1v) is 22.6. The molecule has 5 heterocycles. The normalized spacial score (nSPS) is 17.6. The molecule has 0 aliphatic carbocycles. The van der Waals surface area contributed by atoms with E-state index in [0.717, 1.165) is 22.3 Å². The summed E-state index contributed by atoms with van der Waals surface area (Å²) in [4.78, 5) is 17.8. The number of H-pyrrole nitrogens is 2. The minimum atomic E-state index is -1.36. The molecule has 8 heteroatoms. The fourth-order valence-electron chi connectivity index (χ4n) is 9.22. The summed E-state index contributed by atoms with van der Waals surface area (Å²) in [5.74, 6) is 1.23. The van der Waals surface area contributed by atoms with Gasteiger partial charge in [0.2, 0.25) is 0 Å². The molecule has 3 aromatic heterocycles. The van der Waals surface area contributed by atoms with Crippen molar-refractivity contribution in [3.05, 3.63) is 166 Å². The molecular weight excluding hydrogens is 793 g/mol. The average Bonchev–Trinajstić information content (AvgIpc) is 4.08. The molecule has 0 amide bonds. The van der Waals surface area contributed by atoms with Crippen molar-refractivity contribution in [2.75, 3.05) is 0 Å². The number of rotatable bonds is 8. The van der Waals surface area contributed by atoms with Gasteiger partial charge in [-0.05, 0) is 92.4 Å². The van der Waals surface area contributed by atoms with Crippen LogP contribution in [0.2, 0.25) is 0 Å². The third kappa shape index (κ3) is 7.68. The van der Waals surface area contributed by atoms with Gasteiger partial charge < -0.3 is 30.4 Å². The molecule has 326 valence electrons. The van der Waals surface area contributed by atoms with E-state index in [0.29, 0.717) is 90.8 Å². The van der Waals surface area contributed by atoms with E-state index in [9.17, 15) is 20.4 Å². The highest BCUT2D eigenvalue weighted by Crippen LogP contribution is 2.47. The molecule has 0 saturated heterocycles. The Hall–Kier alpha value is -6.16. The molecule has 0 fully saturated rings. The van der Waals surface area contributed by atoms with Crippen LogP contribution in [0.1, 0.15) is 149 Å². The van der Waals surface area contributed by atoms with E-state index in [1.807, 2.05) is 72.8 Å². The maximum absolute atomic E-state index is 12.2. The number of hydrogen-bond donors (Lipinski definition) is 6. The molecule has 0 unspecified atom stereocenters. The van der Waals surface area contributed by atoms with E-state index in [2.05, 4.69) is 114 Å². The summed E-state index contributed by atoms with van der Waals surface area (Å²) in [5, 5.41) is 49.0. The Morgan fingerprint density at radius 1 is 0.312 bits per heavy atom. The first kappa shape index (κ1) is 43.1. The Labute approximate surface area is 375 Å². The second kappa shape index (κ2) is 17.1. The second-order valence-electron chi connectivity index (χ2n) is 18.7. The van der Waals surface area contributed by atoms with Crippen molar-refractivity contribution in [2.24, 2.45) is 0 Å². The summed E-state index contributed by atoms with van der Waals surface area (Å²) >= 11 is 0. The van der Waals surface area contributed by atoms with Gasteiger partial charge in [-0.25, -0.2) is 0 Å². The third-order valence-corrected chi connectivity index (χ3v) is 13.1. The van der Waals surface area contributed by atoms with Crippen molar-refractivity contribution >= 4 is 22.1 Å². The van der Waals surface area contributed by atoms with Crippen LogP contribution in [0.5, 0.6) is 0 Å². The highest BCUT2D eigenvalue weighted by molar-refractivity contribution is 5.92. The SMILES string of the molecule is CC(C)c1ccc(-c2c3nc(c(-c4ccc(C(C)C)cc4)c4ccc([nH]4)c(-c4ccc(C(C)C)cc4)c4nc(c(-c5ccc(C(C)C)cc5)c5ccc2[nH]5)[C@H](O)[C@@H]4O)[C@H](O)[C@@H]3O)cc1. The van der Waals surface area contributed by atoms with Crippen LogP contribution >= 0.6 is 0 Å². The van der Waals surface area contributed by atoms with Crippen molar-refractivity contribution in [1.82, 2.24) is 19.9 Å². The number of hydrogen-bond acceptors (Lipinski definition) is 6. The van der Waals surface area contributed by atoms with Crippen LogP contribution in [-0.2, 0) is 0 Å². The number of fused-ring (bicyclic) bond motifs is 8. The highest BCUT2D eigenvalue weighted by atomic mass is 16.3. The lowest BCUT2D eigenvalue weighted by Gasteiger charge is -2.15. The zero-order valence-electron chi connectivity index (χ0n) is 37.8. The minimum Gasteiger partial charge on any atom is -0.384 e. The minimum absolute atomic E-state index is 0.307. The van der Waals surface area contributed by atoms with Crippen LogP contribution in [0.3, 0.4) is 0 Å². The number of benzene rings is 4. The molecule has 4 atom stereocenters. The second-order valence-corrected chi connectivity index (χ2v) is 18.7. The Morgan fingerprint density at radius 3 is 0.672 bits per heavy atom. The van der Waals surface area contributed by atoms with Crippen LogP contribution in [0, 0.1) is 0 Å². The number of aromatic amines is 2. The molecular formula is C56H58N4O4. The third-order valence-electron chi connectivity index (χ3n) is 13.1. The van der Waals surface area contributed by atoms with Gasteiger partial charge in [-0.2, -0.15) is 0 Å². The standard InChI is InChI=1S/C56H58N4O4/c1-29(2)33-9-17-37(18-10-33)45-41-25-26-42(57-41)46(38-19-11-34(12-20-38)30(3)4)51-55(63)56(64)52(60-51)48(40-23-15-36(16-24-40)32(7)8)44-28-27-43(58-44)47(50-54(62)53(61)49(45)59-50)39-21-13-35(14-22-39)31(5)6/h9-32,53-58,61-64H,1-8H3/t53-,54+,55+,56-. The molecule has 4 aromatic carbocycles. The van der Waals surface area contributed by atoms with E-state index in [1.54, 1.807) is 0 Å². The summed E-state index contributed by atoms with van der Waals surface area (Å²) < 4.78 is 0. The van der Waals surface area contributed by atoms with E-state index in [1.165, 1.54) is 22.3 Å². The van der Waals surface area contributed by atoms with Gasteiger partial charge in [-0.15, -0.1) is 0 Å². The summed E-state index contributed by atoms with van der Waals surface area (Å²) in [6, 6.07) is 40.8. The molecule has 0 radical (unpaired) electrons. The number of nitrogens with zero attached hydrogens (tertiary/aromatic N) is 2. The Balaban J connectivity index is 1.48. The maximum Gasteiger partial charge on any atom is 0.128 e. The highest BCUT2D eigenvalue weighted by Gasteiger charge is 2.37. The van der Waals surface area contributed by atoms with Gasteiger partial charge in [0.1, 0.15) is 24.4 Å². The maximum atomic E-state index is 12.2. The Kier molecular flexibility index (Phi) is 11.5. The summed E-state index contributed by atoms with van der Waals surface area (Å²) in [6.07, 6.45) is -5.45. The first-order valence-electron chi connectivity index (χ1n) is 22.6. The largest absolute Gasteiger partial charge is 0.384 e. The van der Waals surface area contributed by atoms with Gasteiger partial charge in [-0.1, -0.05) is 152 Å². The van der Waals surface area contributed by atoms with Crippen molar-refractivity contribution in [2.45, 2.75) is 103 Å². The van der Waals surface area contributed by atoms with Crippen molar-refractivity contribution in [3.8, 4) is 44.5 Å². The molecule has 6 N–H and O–H groups in total. The van der Waals surface area contributed by atoms with E-state index < -0.39 is 24.4 Å². The topological polar surface area (TPSA) is 138 Å². The molecule has 2 aliphatic heterocycles. The number of nitrogens with one attached hydrogen (secondary N) is 2. The van der Waals surface area contributed by atoms with E-state index in [4.69, 9.17) is 9.97 Å². The monoisotopic (exact) mass is 850 g/mol. The van der Waals surface area contributed by atoms with Crippen LogP contribution in [-0.4, -0.2) is 40.4 Å². The van der Waals surface area contributed by atoms with Crippen molar-refractivity contribution in [3.63, 3.8) is 0 Å². The lowest BCUT2D eigenvalue weighted by atomic mass is 9.94. The summed E-state index contributed by atoms with van der Waals surface area (Å²) in [5.41, 5.74) is 14.4. The first-order chi connectivity index (χ1) is 30.7. The molecule has 0 spiro atoms. The summed E-state index contributed by atoms with van der Waals surface area (Å²) in [6.45, 7) is 17.2. The molecule has 7 aromatic rings. The van der Waals surface area contributed by atoms with Crippen LogP contribution in [0.25, 0.3) is 66.6 Å². The van der Waals surface area contributed by atoms with Gasteiger partial charge in [0.05, 0.1) is 22.8 Å². The molecule has 64 heavy (non-hydrogen) atoms. The molecule has 8 bridgehead atoms. The van der Waals surface area contributed by atoms with Gasteiger partial charge in [0.25, 0.3) is 0 Å². The fourth-order valence-corrected chi connectivity index (χ4v) is 9.22. The quantitative estimate of drug-likeness (QED) is 0.0900. The average molecular weight is 851 g/mol. The molecule has 8 nitrogen and oxygen atoms in total. The van der Waals surface area contributed by atoms with Crippen LogP contribution < -0.4 is 0 Å². The van der Waals surface area contributed by atoms with Crippen LogP contribution in [0.15, 0.2) is 121 Å². The number of aliphatic hydroxyl groups excluding tert-OH is 4. The number of aromatic nitrogens is 4. The van der Waals surface area contributed by atoms with Gasteiger partial charge in [-0.3, -0.25) is 9.97 Å². The van der Waals surface area contributed by atoms with Gasteiger partial charge in [0.15, 0.2) is 0 Å². The van der Waals surface area contributed by atoms with Crippen LogP contribution in [0.4, 0.5) is 0 Å². The predicted octanol–water partition coefficient (Wildman–Crippen LogP) is 13.0. The van der Waals surface area contributed by atoms with Gasteiger partial charge >= 0.3 is 0 Å². The number of aliphatic hydroxyl groups is 4. The molecule has 9 rings (SSSR count). The zero-order valence-corrected chi connectivity index (χ0v) is 37.8. The van der Waals surface area contributed by atoms with Crippen molar-refractivity contribution < 1.29 is 20.4 Å². The Bertz CT molecular complexity index is 2590. The van der Waals surface area contributed by atoms with Crippen molar-refractivity contribution in [1.29, 1.82) is 0 Å². The lowest BCUT2D eigenvalue weighted by Crippen LogP contribution is -2.06. The fraction of sp³-hybridized carbons (Fsp3) is 0.286. The Morgan fingerprint density at radius 2 is 0.500 bits per heavy atom. The zero-order chi connectivity index (χ0) is 45.1. The molecule has 2 aliphatic rings. The predicted molar refractivity (Wildman–Crippen MR) is 259 cm³/mol. The molecule has 0 saturated carbocycles. The summed E-state index contributed by atoms with van der Waals surface area (Å²) in [7, 11) is 0. The van der Waals surface area contributed by atoms with Gasteiger partial charge in [0, 0.05) is 44.3 Å². The van der Waals surface area contributed by atoms with E-state index >= 15 is 0 Å². The van der Waals surface area contributed by atoms with E-state index in [-0.39, 0.29) is 0 Å². The lowest BCUT2D eigenvalue weighted by molar-refractivity contribution is 0.0259. The smallest absolute Gasteiger partial charge is 0.128 e.